The number of hydrogen-bond donors (Lipinski definition) is 2. The highest BCUT2D eigenvalue weighted by Gasteiger charge is 2.22. The van der Waals surface area contributed by atoms with Crippen molar-refractivity contribution < 1.29 is 23.1 Å². The summed E-state index contributed by atoms with van der Waals surface area (Å²) >= 11 is 3.21. The fourth-order valence-electron chi connectivity index (χ4n) is 1.46. The second-order valence-corrected chi connectivity index (χ2v) is 7.47. The van der Waals surface area contributed by atoms with Crippen molar-refractivity contribution in [2.75, 3.05) is 12.0 Å². The van der Waals surface area contributed by atoms with Crippen molar-refractivity contribution in [1.82, 2.24) is 5.32 Å². The molecule has 2 N–H and O–H groups in total. The maximum absolute atomic E-state index is 11.9. The molecule has 1 aromatic carbocycles. The summed E-state index contributed by atoms with van der Waals surface area (Å²) in [5.74, 6) is -2.13. The summed E-state index contributed by atoms with van der Waals surface area (Å²) in [4.78, 5) is 22.9. The Kier molecular flexibility index (Phi) is 5.70. The fourth-order valence-corrected chi connectivity index (χ4v) is 2.52. The topological polar surface area (TPSA) is 101 Å². The number of carbonyl (C=O) groups is 2. The van der Waals surface area contributed by atoms with E-state index in [1.807, 2.05) is 0 Å². The number of aliphatic carboxylic acids is 1. The lowest BCUT2D eigenvalue weighted by molar-refractivity contribution is -0.139. The zero-order valence-electron chi connectivity index (χ0n) is 10.7. The number of hydrogen-bond acceptors (Lipinski definition) is 4. The monoisotopic (exact) mass is 363 g/mol. The molecule has 0 bridgehead atoms. The first-order valence-electron chi connectivity index (χ1n) is 5.66. The zero-order valence-corrected chi connectivity index (χ0v) is 13.1. The largest absolute Gasteiger partial charge is 0.480 e. The molecule has 1 unspecified atom stereocenters. The lowest BCUT2D eigenvalue weighted by Crippen LogP contribution is -2.41. The van der Waals surface area contributed by atoms with E-state index in [1.54, 1.807) is 18.2 Å². The molecule has 1 amide bonds. The summed E-state index contributed by atoms with van der Waals surface area (Å²) in [6.45, 7) is 0. The highest BCUT2D eigenvalue weighted by Crippen LogP contribution is 2.12. The van der Waals surface area contributed by atoms with E-state index in [0.29, 0.717) is 10.0 Å². The molecule has 110 valence electrons. The molecule has 0 saturated heterocycles. The minimum atomic E-state index is -3.28. The van der Waals surface area contributed by atoms with Crippen LogP contribution in [0.15, 0.2) is 28.7 Å². The number of amides is 1. The van der Waals surface area contributed by atoms with E-state index in [9.17, 15) is 18.0 Å². The van der Waals surface area contributed by atoms with Crippen LogP contribution >= 0.6 is 15.9 Å². The molecule has 1 aromatic rings. The van der Waals surface area contributed by atoms with Crippen LogP contribution in [0.2, 0.25) is 0 Å². The average molecular weight is 364 g/mol. The summed E-state index contributed by atoms with van der Waals surface area (Å²) < 4.78 is 22.8. The molecule has 0 aliphatic rings. The summed E-state index contributed by atoms with van der Waals surface area (Å²) in [6.07, 6.45) is 0.843. The molecule has 0 aliphatic carbocycles. The molecule has 0 aromatic heterocycles. The van der Waals surface area contributed by atoms with E-state index in [2.05, 4.69) is 21.2 Å². The third kappa shape index (κ3) is 5.70. The summed E-state index contributed by atoms with van der Waals surface area (Å²) in [5, 5.41) is 11.3. The highest BCUT2D eigenvalue weighted by molar-refractivity contribution is 9.10. The predicted octanol–water partition coefficient (Wildman–Crippen LogP) is 1.07. The van der Waals surface area contributed by atoms with Crippen molar-refractivity contribution in [2.24, 2.45) is 0 Å². The summed E-state index contributed by atoms with van der Waals surface area (Å²) in [6, 6.07) is 5.22. The quantitative estimate of drug-likeness (QED) is 0.786. The maximum Gasteiger partial charge on any atom is 0.326 e. The molecular weight excluding hydrogens is 350 g/mol. The van der Waals surface area contributed by atoms with Gasteiger partial charge in [-0.15, -0.1) is 0 Å². The van der Waals surface area contributed by atoms with Gasteiger partial charge in [-0.1, -0.05) is 22.0 Å². The lowest BCUT2D eigenvalue weighted by atomic mass is 10.1. The van der Waals surface area contributed by atoms with Crippen molar-refractivity contribution in [1.29, 1.82) is 0 Å². The van der Waals surface area contributed by atoms with Gasteiger partial charge in [0.25, 0.3) is 5.91 Å². The second kappa shape index (κ2) is 6.85. The highest BCUT2D eigenvalue weighted by atomic mass is 79.9. The molecule has 0 saturated carbocycles. The number of halogens is 1. The van der Waals surface area contributed by atoms with Gasteiger partial charge >= 0.3 is 5.97 Å². The van der Waals surface area contributed by atoms with E-state index in [-0.39, 0.29) is 12.2 Å². The van der Waals surface area contributed by atoms with Crippen molar-refractivity contribution >= 4 is 37.6 Å². The molecule has 0 spiro atoms. The van der Waals surface area contributed by atoms with Crippen LogP contribution in [-0.4, -0.2) is 43.5 Å². The Balaban J connectivity index is 2.75. The molecule has 0 radical (unpaired) electrons. The van der Waals surface area contributed by atoms with E-state index < -0.39 is 27.8 Å². The smallest absolute Gasteiger partial charge is 0.326 e. The number of nitrogens with one attached hydrogen (secondary N) is 1. The molecule has 1 rings (SSSR count). The number of benzene rings is 1. The van der Waals surface area contributed by atoms with Crippen LogP contribution in [0.1, 0.15) is 16.8 Å². The number of rotatable bonds is 6. The fraction of sp³-hybridized carbons (Fsp3) is 0.333. The van der Waals surface area contributed by atoms with Crippen LogP contribution in [0.4, 0.5) is 0 Å². The SMILES string of the molecule is CS(=O)(=O)CCC(NC(=O)c1cccc(Br)c1)C(=O)O. The molecule has 0 heterocycles. The van der Waals surface area contributed by atoms with E-state index in [0.717, 1.165) is 6.26 Å². The molecule has 1 atom stereocenters. The van der Waals surface area contributed by atoms with Gasteiger partial charge in [-0.3, -0.25) is 4.79 Å². The standard InChI is InChI=1S/C12H14BrNO5S/c1-20(18,19)6-5-10(12(16)17)14-11(15)8-3-2-4-9(13)7-8/h2-4,7,10H,5-6H2,1H3,(H,14,15)(H,16,17). The van der Waals surface area contributed by atoms with E-state index >= 15 is 0 Å². The van der Waals surface area contributed by atoms with Gasteiger partial charge in [0.15, 0.2) is 0 Å². The lowest BCUT2D eigenvalue weighted by Gasteiger charge is -2.14. The summed E-state index contributed by atoms with van der Waals surface area (Å²) in [7, 11) is -3.28. The molecule has 20 heavy (non-hydrogen) atoms. The van der Waals surface area contributed by atoms with Crippen LogP contribution in [-0.2, 0) is 14.6 Å². The third-order valence-electron chi connectivity index (χ3n) is 2.47. The van der Waals surface area contributed by atoms with Crippen LogP contribution in [0.5, 0.6) is 0 Å². The normalized spacial score (nSPS) is 12.7. The van der Waals surface area contributed by atoms with Gasteiger partial charge in [-0.05, 0) is 24.6 Å². The second-order valence-electron chi connectivity index (χ2n) is 4.29. The first-order valence-corrected chi connectivity index (χ1v) is 8.51. The zero-order chi connectivity index (χ0) is 15.3. The molecule has 0 aliphatic heterocycles. The molecule has 8 heteroatoms. The van der Waals surface area contributed by atoms with Crippen LogP contribution in [0.3, 0.4) is 0 Å². The molecule has 6 nitrogen and oxygen atoms in total. The molecular formula is C12H14BrNO5S. The Morgan fingerprint density at radius 2 is 2.05 bits per heavy atom. The van der Waals surface area contributed by atoms with Gasteiger partial charge < -0.3 is 10.4 Å². The summed E-state index contributed by atoms with van der Waals surface area (Å²) in [5.41, 5.74) is 0.296. The van der Waals surface area contributed by atoms with Gasteiger partial charge in [0.1, 0.15) is 15.9 Å². The van der Waals surface area contributed by atoms with E-state index in [4.69, 9.17) is 5.11 Å². The van der Waals surface area contributed by atoms with E-state index in [1.165, 1.54) is 6.07 Å². The Bertz CT molecular complexity index is 614. The Morgan fingerprint density at radius 1 is 1.40 bits per heavy atom. The average Bonchev–Trinajstić information content (AvgIpc) is 2.32. The van der Waals surface area contributed by atoms with Crippen LogP contribution in [0, 0.1) is 0 Å². The number of carboxylic acids is 1. The van der Waals surface area contributed by atoms with Crippen LogP contribution in [0.25, 0.3) is 0 Å². The van der Waals surface area contributed by atoms with Gasteiger partial charge in [-0.2, -0.15) is 0 Å². The first-order chi connectivity index (χ1) is 9.19. The number of sulfone groups is 1. The number of carbonyl (C=O) groups excluding carboxylic acids is 1. The van der Waals surface area contributed by atoms with Gasteiger partial charge in [-0.25, -0.2) is 13.2 Å². The van der Waals surface area contributed by atoms with Gasteiger partial charge in [0.05, 0.1) is 5.75 Å². The van der Waals surface area contributed by atoms with Crippen molar-refractivity contribution in [3.8, 4) is 0 Å². The van der Waals surface area contributed by atoms with Crippen molar-refractivity contribution in [3.05, 3.63) is 34.3 Å². The van der Waals surface area contributed by atoms with Gasteiger partial charge in [0.2, 0.25) is 0 Å². The maximum atomic E-state index is 11.9. The Morgan fingerprint density at radius 3 is 2.55 bits per heavy atom. The van der Waals surface area contributed by atoms with Gasteiger partial charge in [0, 0.05) is 16.3 Å². The molecule has 0 fully saturated rings. The number of carboxylic acid groups (broad SMARTS) is 1. The van der Waals surface area contributed by atoms with Crippen molar-refractivity contribution in [3.63, 3.8) is 0 Å². The Labute approximate surface area is 125 Å². The first kappa shape index (κ1) is 16.6. The minimum absolute atomic E-state index is 0.173. The van der Waals surface area contributed by atoms with Crippen molar-refractivity contribution in [2.45, 2.75) is 12.5 Å². The third-order valence-corrected chi connectivity index (χ3v) is 3.94. The predicted molar refractivity (Wildman–Crippen MR) is 77.4 cm³/mol. The van der Waals surface area contributed by atoms with Crippen LogP contribution < -0.4 is 5.32 Å². The Hall–Kier alpha value is -1.41. The minimum Gasteiger partial charge on any atom is -0.480 e.